The molecule has 7 heteroatoms. The number of carbonyl (C=O) groups excluding carboxylic acids is 1. The summed E-state index contributed by atoms with van der Waals surface area (Å²) in [6.07, 6.45) is 1.89. The van der Waals surface area contributed by atoms with E-state index in [1.165, 1.54) is 22.5 Å². The second kappa shape index (κ2) is 6.42. The maximum absolute atomic E-state index is 12.4. The van der Waals surface area contributed by atoms with Gasteiger partial charge in [-0.2, -0.15) is 11.3 Å². The summed E-state index contributed by atoms with van der Waals surface area (Å²) in [5.41, 5.74) is 5.06. The monoisotopic (exact) mass is 369 g/mol. The summed E-state index contributed by atoms with van der Waals surface area (Å²) < 4.78 is 5.58. The molecule has 0 fully saturated rings. The fraction of sp³-hybridized carbons (Fsp3) is 0.167. The molecule has 0 aliphatic rings. The molecular formula is C18H15N3O2S2. The van der Waals surface area contributed by atoms with E-state index in [0.29, 0.717) is 5.13 Å². The summed E-state index contributed by atoms with van der Waals surface area (Å²) in [5.74, 6) is -0.131. The summed E-state index contributed by atoms with van der Waals surface area (Å²) in [4.78, 5) is 12.4. The van der Waals surface area contributed by atoms with Gasteiger partial charge >= 0.3 is 0 Å². The molecular weight excluding hydrogens is 354 g/mol. The largest absolute Gasteiger partial charge is 0.464 e. The third kappa shape index (κ3) is 3.20. The summed E-state index contributed by atoms with van der Waals surface area (Å²) in [5, 5.41) is 17.3. The Morgan fingerprint density at radius 1 is 1.24 bits per heavy atom. The number of carbonyl (C=O) groups is 1. The molecule has 0 saturated carbocycles. The van der Waals surface area contributed by atoms with Gasteiger partial charge < -0.3 is 9.73 Å². The first kappa shape index (κ1) is 16.0. The highest BCUT2D eigenvalue weighted by atomic mass is 32.1. The van der Waals surface area contributed by atoms with Gasteiger partial charge in [0.15, 0.2) is 0 Å². The lowest BCUT2D eigenvalue weighted by Gasteiger charge is -2.02. The Morgan fingerprint density at radius 3 is 2.88 bits per heavy atom. The van der Waals surface area contributed by atoms with E-state index in [1.807, 2.05) is 29.8 Å². The van der Waals surface area contributed by atoms with Crippen LogP contribution >= 0.6 is 22.7 Å². The number of aromatic nitrogens is 2. The predicted molar refractivity (Wildman–Crippen MR) is 101 cm³/mol. The number of hydrogen-bond acceptors (Lipinski definition) is 6. The number of furan rings is 1. The number of nitrogens with zero attached hydrogens (tertiary/aromatic N) is 2. The smallest absolute Gasteiger partial charge is 0.230 e. The quantitative estimate of drug-likeness (QED) is 0.560. The van der Waals surface area contributed by atoms with E-state index in [0.717, 1.165) is 27.1 Å². The summed E-state index contributed by atoms with van der Waals surface area (Å²) in [6.45, 7) is 4.10. The highest BCUT2D eigenvalue weighted by Gasteiger charge is 2.14. The lowest BCUT2D eigenvalue weighted by Crippen LogP contribution is -2.14. The average molecular weight is 369 g/mol. The average Bonchev–Trinajstić information content (AvgIpc) is 3.30. The van der Waals surface area contributed by atoms with Gasteiger partial charge in [0, 0.05) is 21.9 Å². The first-order chi connectivity index (χ1) is 12.1. The van der Waals surface area contributed by atoms with E-state index in [9.17, 15) is 4.79 Å². The van der Waals surface area contributed by atoms with Crippen molar-refractivity contribution < 1.29 is 9.21 Å². The Morgan fingerprint density at radius 2 is 2.08 bits per heavy atom. The Bertz CT molecular complexity index is 1050. The van der Waals surface area contributed by atoms with Gasteiger partial charge in [-0.05, 0) is 48.6 Å². The molecule has 4 aromatic rings. The Balaban J connectivity index is 1.50. The zero-order valence-corrected chi connectivity index (χ0v) is 15.3. The number of rotatable bonds is 4. The summed E-state index contributed by atoms with van der Waals surface area (Å²) in [6, 6.07) is 6.05. The van der Waals surface area contributed by atoms with Crippen molar-refractivity contribution in [3.05, 3.63) is 51.9 Å². The Kier molecular flexibility index (Phi) is 4.10. The standard InChI is InChI=1S/C18H15N3O2S2/c1-10-5-14-13(8-23-15(14)6-11(10)2)7-16(22)19-18-21-20-17(25-18)12-3-4-24-9-12/h3-6,8-9H,7H2,1-2H3,(H,19,21,22). The molecule has 3 aromatic heterocycles. The molecule has 0 radical (unpaired) electrons. The first-order valence-electron chi connectivity index (χ1n) is 7.73. The van der Waals surface area contributed by atoms with Gasteiger partial charge in [0.1, 0.15) is 10.6 Å². The molecule has 0 atom stereocenters. The van der Waals surface area contributed by atoms with Crippen LogP contribution in [0.5, 0.6) is 0 Å². The van der Waals surface area contributed by atoms with Crippen LogP contribution in [0.1, 0.15) is 16.7 Å². The third-order valence-electron chi connectivity index (χ3n) is 4.06. The van der Waals surface area contributed by atoms with Gasteiger partial charge in [0.25, 0.3) is 0 Å². The predicted octanol–water partition coefficient (Wildman–Crippen LogP) is 4.81. The minimum absolute atomic E-state index is 0.131. The van der Waals surface area contributed by atoms with Crippen molar-refractivity contribution in [2.75, 3.05) is 5.32 Å². The molecule has 0 bridgehead atoms. The lowest BCUT2D eigenvalue weighted by molar-refractivity contribution is -0.115. The van der Waals surface area contributed by atoms with Gasteiger partial charge in [0.2, 0.25) is 11.0 Å². The third-order valence-corrected chi connectivity index (χ3v) is 5.63. The number of nitrogens with one attached hydrogen (secondary N) is 1. The number of amides is 1. The van der Waals surface area contributed by atoms with Crippen LogP contribution in [0.2, 0.25) is 0 Å². The molecule has 25 heavy (non-hydrogen) atoms. The van der Waals surface area contributed by atoms with Crippen LogP contribution in [-0.2, 0) is 11.2 Å². The van der Waals surface area contributed by atoms with Crippen molar-refractivity contribution in [3.63, 3.8) is 0 Å². The molecule has 5 nitrogen and oxygen atoms in total. The topological polar surface area (TPSA) is 68.0 Å². The molecule has 0 aliphatic carbocycles. The normalized spacial score (nSPS) is 11.1. The van der Waals surface area contributed by atoms with E-state index < -0.39 is 0 Å². The van der Waals surface area contributed by atoms with Crippen LogP contribution in [0, 0.1) is 13.8 Å². The highest BCUT2D eigenvalue weighted by Crippen LogP contribution is 2.28. The molecule has 3 heterocycles. The maximum atomic E-state index is 12.4. The number of fused-ring (bicyclic) bond motifs is 1. The van der Waals surface area contributed by atoms with Crippen LogP contribution in [0.3, 0.4) is 0 Å². The van der Waals surface area contributed by atoms with Crippen LogP contribution in [0.15, 0.2) is 39.6 Å². The van der Waals surface area contributed by atoms with Crippen LogP contribution < -0.4 is 5.32 Å². The minimum Gasteiger partial charge on any atom is -0.464 e. The van der Waals surface area contributed by atoms with Crippen molar-refractivity contribution in [1.82, 2.24) is 10.2 Å². The maximum Gasteiger partial charge on any atom is 0.230 e. The Labute approximate surface area is 152 Å². The molecule has 4 rings (SSSR count). The first-order valence-corrected chi connectivity index (χ1v) is 9.49. The second-order valence-corrected chi connectivity index (χ2v) is 7.60. The number of thiophene rings is 1. The van der Waals surface area contributed by atoms with E-state index in [1.54, 1.807) is 17.6 Å². The van der Waals surface area contributed by atoms with E-state index >= 15 is 0 Å². The SMILES string of the molecule is Cc1cc2occ(CC(=O)Nc3nnc(-c4ccsc4)s3)c2cc1C. The zero-order valence-electron chi connectivity index (χ0n) is 13.7. The van der Waals surface area contributed by atoms with Crippen molar-refractivity contribution >= 4 is 44.7 Å². The highest BCUT2D eigenvalue weighted by molar-refractivity contribution is 7.19. The van der Waals surface area contributed by atoms with E-state index in [-0.39, 0.29) is 12.3 Å². The molecule has 0 unspecified atom stereocenters. The van der Waals surface area contributed by atoms with Gasteiger partial charge in [-0.25, -0.2) is 0 Å². The Hall–Kier alpha value is -2.51. The molecule has 0 saturated heterocycles. The summed E-state index contributed by atoms with van der Waals surface area (Å²) in [7, 11) is 0. The van der Waals surface area contributed by atoms with Gasteiger partial charge in [-0.3, -0.25) is 4.79 Å². The zero-order chi connectivity index (χ0) is 17.4. The molecule has 126 valence electrons. The van der Waals surface area contributed by atoms with E-state index in [2.05, 4.69) is 28.5 Å². The number of anilines is 1. The lowest BCUT2D eigenvalue weighted by atomic mass is 10.0. The van der Waals surface area contributed by atoms with Crippen molar-refractivity contribution in [3.8, 4) is 10.6 Å². The molecule has 0 aliphatic heterocycles. The van der Waals surface area contributed by atoms with Crippen LogP contribution in [-0.4, -0.2) is 16.1 Å². The summed E-state index contributed by atoms with van der Waals surface area (Å²) >= 11 is 2.97. The fourth-order valence-electron chi connectivity index (χ4n) is 2.59. The minimum atomic E-state index is -0.131. The second-order valence-electron chi connectivity index (χ2n) is 5.84. The molecule has 1 aromatic carbocycles. The molecule has 0 spiro atoms. The fourth-order valence-corrected chi connectivity index (χ4v) is 4.06. The van der Waals surface area contributed by atoms with Crippen LogP contribution in [0.25, 0.3) is 21.5 Å². The van der Waals surface area contributed by atoms with Crippen molar-refractivity contribution in [1.29, 1.82) is 0 Å². The van der Waals surface area contributed by atoms with Crippen molar-refractivity contribution in [2.24, 2.45) is 0 Å². The van der Waals surface area contributed by atoms with Gasteiger partial charge in [-0.15, -0.1) is 10.2 Å². The van der Waals surface area contributed by atoms with Gasteiger partial charge in [-0.1, -0.05) is 11.3 Å². The number of aryl methyl sites for hydroxylation is 2. The van der Waals surface area contributed by atoms with E-state index in [4.69, 9.17) is 4.42 Å². The van der Waals surface area contributed by atoms with Crippen molar-refractivity contribution in [2.45, 2.75) is 20.3 Å². The number of hydrogen-bond donors (Lipinski definition) is 1. The molecule has 1 N–H and O–H groups in total. The van der Waals surface area contributed by atoms with Gasteiger partial charge in [0.05, 0.1) is 12.7 Å². The van der Waals surface area contributed by atoms with Crippen LogP contribution in [0.4, 0.5) is 5.13 Å². The number of benzene rings is 1. The molecule has 1 amide bonds.